The normalized spacial score (nSPS) is 10.1. The number of nitrogens with two attached hydrogens (primary N) is 1. The zero-order valence-electron chi connectivity index (χ0n) is 10.6. The first-order valence-electron chi connectivity index (χ1n) is 5.50. The van der Waals surface area contributed by atoms with Gasteiger partial charge < -0.3 is 10.5 Å². The van der Waals surface area contributed by atoms with Crippen LogP contribution in [-0.2, 0) is 7.05 Å². The summed E-state index contributed by atoms with van der Waals surface area (Å²) in [6.07, 6.45) is 0. The molecule has 2 aromatic rings. The van der Waals surface area contributed by atoms with E-state index in [0.29, 0.717) is 22.7 Å². The van der Waals surface area contributed by atoms with Crippen LogP contribution in [0.5, 0.6) is 11.5 Å². The standard InChI is InChI=1S/C13H14N4O/c1-8-13(9(2)17(3)16-8)18-12-5-4-10(7-14)6-11(12)15/h4-6H,15H2,1-3H3. The van der Waals surface area contributed by atoms with Crippen molar-refractivity contribution in [3.8, 4) is 17.6 Å². The van der Waals surface area contributed by atoms with Gasteiger partial charge in [-0.1, -0.05) is 0 Å². The maximum Gasteiger partial charge on any atom is 0.171 e. The van der Waals surface area contributed by atoms with Crippen molar-refractivity contribution in [2.75, 3.05) is 5.73 Å². The van der Waals surface area contributed by atoms with Crippen LogP contribution in [0, 0.1) is 25.2 Å². The van der Waals surface area contributed by atoms with E-state index >= 15 is 0 Å². The first kappa shape index (κ1) is 12.0. The average molecular weight is 242 g/mol. The Hall–Kier alpha value is -2.48. The van der Waals surface area contributed by atoms with E-state index < -0.39 is 0 Å². The summed E-state index contributed by atoms with van der Waals surface area (Å²) in [4.78, 5) is 0. The summed E-state index contributed by atoms with van der Waals surface area (Å²) in [6, 6.07) is 6.99. The Balaban J connectivity index is 2.38. The second kappa shape index (κ2) is 4.41. The lowest BCUT2D eigenvalue weighted by Gasteiger charge is -2.08. The van der Waals surface area contributed by atoms with Crippen molar-refractivity contribution < 1.29 is 4.74 Å². The van der Waals surface area contributed by atoms with Gasteiger partial charge in [-0.15, -0.1) is 0 Å². The van der Waals surface area contributed by atoms with Crippen LogP contribution in [0.3, 0.4) is 0 Å². The SMILES string of the molecule is Cc1nn(C)c(C)c1Oc1ccc(C#N)cc1N. The maximum atomic E-state index is 8.77. The summed E-state index contributed by atoms with van der Waals surface area (Å²) < 4.78 is 7.53. The molecule has 0 spiro atoms. The number of aryl methyl sites for hydroxylation is 2. The van der Waals surface area contributed by atoms with Gasteiger partial charge in [0.05, 0.1) is 23.0 Å². The van der Waals surface area contributed by atoms with Crippen molar-refractivity contribution >= 4 is 5.69 Å². The van der Waals surface area contributed by atoms with Crippen LogP contribution in [0.15, 0.2) is 18.2 Å². The lowest BCUT2D eigenvalue weighted by molar-refractivity contribution is 0.476. The number of nitrogen functional groups attached to an aromatic ring is 1. The lowest BCUT2D eigenvalue weighted by atomic mass is 10.2. The van der Waals surface area contributed by atoms with Gasteiger partial charge in [0.1, 0.15) is 5.69 Å². The molecular formula is C13H14N4O. The summed E-state index contributed by atoms with van der Waals surface area (Å²) in [5, 5.41) is 13.0. The van der Waals surface area contributed by atoms with E-state index in [-0.39, 0.29) is 0 Å². The van der Waals surface area contributed by atoms with Gasteiger partial charge in [0.15, 0.2) is 11.5 Å². The fraction of sp³-hybridized carbons (Fsp3) is 0.231. The van der Waals surface area contributed by atoms with Crippen molar-refractivity contribution in [2.24, 2.45) is 7.05 Å². The molecule has 2 N–H and O–H groups in total. The molecule has 1 aromatic carbocycles. The molecule has 0 atom stereocenters. The lowest BCUT2D eigenvalue weighted by Crippen LogP contribution is -1.95. The van der Waals surface area contributed by atoms with Gasteiger partial charge in [0.25, 0.3) is 0 Å². The molecule has 92 valence electrons. The quantitative estimate of drug-likeness (QED) is 0.819. The fourth-order valence-electron chi connectivity index (χ4n) is 1.72. The van der Waals surface area contributed by atoms with Gasteiger partial charge >= 0.3 is 0 Å². The van der Waals surface area contributed by atoms with Gasteiger partial charge in [-0.05, 0) is 32.0 Å². The first-order chi connectivity index (χ1) is 8.52. The Labute approximate surface area is 105 Å². The van der Waals surface area contributed by atoms with E-state index in [0.717, 1.165) is 11.4 Å². The molecule has 0 aliphatic carbocycles. The third-order valence-electron chi connectivity index (χ3n) is 2.79. The predicted octanol–water partition coefficient (Wildman–Crippen LogP) is 2.28. The van der Waals surface area contributed by atoms with Gasteiger partial charge in [0, 0.05) is 7.05 Å². The number of hydrogen-bond acceptors (Lipinski definition) is 4. The number of aromatic nitrogens is 2. The van der Waals surface area contributed by atoms with Crippen LogP contribution in [0.2, 0.25) is 0 Å². The molecule has 18 heavy (non-hydrogen) atoms. The summed E-state index contributed by atoms with van der Waals surface area (Å²) in [7, 11) is 1.86. The summed E-state index contributed by atoms with van der Waals surface area (Å²) in [6.45, 7) is 3.80. The van der Waals surface area contributed by atoms with Gasteiger partial charge in [-0.3, -0.25) is 4.68 Å². The number of nitrogens with zero attached hydrogens (tertiary/aromatic N) is 3. The van der Waals surface area contributed by atoms with Crippen LogP contribution in [0.4, 0.5) is 5.69 Å². The molecule has 0 fully saturated rings. The molecule has 0 saturated heterocycles. The van der Waals surface area contributed by atoms with Gasteiger partial charge in [0.2, 0.25) is 0 Å². The zero-order valence-corrected chi connectivity index (χ0v) is 10.6. The number of benzene rings is 1. The topological polar surface area (TPSA) is 76.9 Å². The van der Waals surface area contributed by atoms with Crippen molar-refractivity contribution in [2.45, 2.75) is 13.8 Å². The maximum absolute atomic E-state index is 8.77. The van der Waals surface area contributed by atoms with Crippen LogP contribution in [-0.4, -0.2) is 9.78 Å². The molecule has 0 aliphatic rings. The molecule has 0 aliphatic heterocycles. The van der Waals surface area contributed by atoms with Crippen molar-refractivity contribution in [3.63, 3.8) is 0 Å². The fourth-order valence-corrected chi connectivity index (χ4v) is 1.72. The van der Waals surface area contributed by atoms with E-state index in [1.165, 1.54) is 0 Å². The molecule has 0 amide bonds. The third kappa shape index (κ3) is 2.00. The zero-order chi connectivity index (χ0) is 13.3. The van der Waals surface area contributed by atoms with E-state index in [4.69, 9.17) is 15.7 Å². The molecular weight excluding hydrogens is 228 g/mol. The Morgan fingerprint density at radius 2 is 2.11 bits per heavy atom. The number of hydrogen-bond donors (Lipinski definition) is 1. The minimum Gasteiger partial charge on any atom is -0.451 e. The predicted molar refractivity (Wildman–Crippen MR) is 68.3 cm³/mol. The minimum atomic E-state index is 0.441. The molecule has 2 rings (SSSR count). The number of nitriles is 1. The highest BCUT2D eigenvalue weighted by molar-refractivity contribution is 5.58. The number of rotatable bonds is 2. The highest BCUT2D eigenvalue weighted by Crippen LogP contribution is 2.31. The molecule has 0 bridgehead atoms. The number of anilines is 1. The van der Waals surface area contributed by atoms with Crippen molar-refractivity contribution in [1.29, 1.82) is 5.26 Å². The Bertz CT molecular complexity index is 637. The second-order valence-electron chi connectivity index (χ2n) is 4.09. The highest BCUT2D eigenvalue weighted by atomic mass is 16.5. The summed E-state index contributed by atoms with van der Waals surface area (Å²) in [5.41, 5.74) is 8.53. The first-order valence-corrected chi connectivity index (χ1v) is 5.50. The van der Waals surface area contributed by atoms with Crippen LogP contribution in [0.25, 0.3) is 0 Å². The average Bonchev–Trinajstić information content (AvgIpc) is 2.58. The molecule has 1 heterocycles. The van der Waals surface area contributed by atoms with Gasteiger partial charge in [-0.2, -0.15) is 10.4 Å². The minimum absolute atomic E-state index is 0.441. The van der Waals surface area contributed by atoms with E-state index in [1.807, 2.05) is 27.0 Å². The van der Waals surface area contributed by atoms with Crippen LogP contribution >= 0.6 is 0 Å². The Morgan fingerprint density at radius 3 is 2.61 bits per heavy atom. The second-order valence-corrected chi connectivity index (χ2v) is 4.09. The third-order valence-corrected chi connectivity index (χ3v) is 2.79. The Morgan fingerprint density at radius 1 is 1.39 bits per heavy atom. The molecule has 0 saturated carbocycles. The molecule has 5 nitrogen and oxygen atoms in total. The van der Waals surface area contributed by atoms with Crippen molar-refractivity contribution in [1.82, 2.24) is 9.78 Å². The monoisotopic (exact) mass is 242 g/mol. The van der Waals surface area contributed by atoms with E-state index in [2.05, 4.69) is 5.10 Å². The molecule has 1 aromatic heterocycles. The number of ether oxygens (including phenoxy) is 1. The summed E-state index contributed by atoms with van der Waals surface area (Å²) in [5.74, 6) is 1.24. The molecule has 0 radical (unpaired) electrons. The van der Waals surface area contributed by atoms with Gasteiger partial charge in [-0.25, -0.2) is 0 Å². The van der Waals surface area contributed by atoms with Crippen LogP contribution in [0.1, 0.15) is 17.0 Å². The highest BCUT2D eigenvalue weighted by Gasteiger charge is 2.13. The largest absolute Gasteiger partial charge is 0.451 e. The van der Waals surface area contributed by atoms with E-state index in [9.17, 15) is 0 Å². The van der Waals surface area contributed by atoms with Crippen LogP contribution < -0.4 is 10.5 Å². The molecule has 0 unspecified atom stereocenters. The smallest absolute Gasteiger partial charge is 0.171 e. The molecule has 5 heteroatoms. The Kier molecular flexibility index (Phi) is 2.94. The van der Waals surface area contributed by atoms with Crippen molar-refractivity contribution in [3.05, 3.63) is 35.2 Å². The van der Waals surface area contributed by atoms with E-state index in [1.54, 1.807) is 22.9 Å². The summed E-state index contributed by atoms with van der Waals surface area (Å²) >= 11 is 0.